The van der Waals surface area contributed by atoms with Crippen LogP contribution in [-0.4, -0.2) is 23.1 Å². The minimum Gasteiger partial charge on any atom is -0.361 e. The van der Waals surface area contributed by atoms with Crippen molar-refractivity contribution in [3.8, 4) is 0 Å². The smallest absolute Gasteiger partial charge is 0.183 e. The van der Waals surface area contributed by atoms with Gasteiger partial charge in [0.1, 0.15) is 0 Å². The van der Waals surface area contributed by atoms with Crippen LogP contribution in [-0.2, 0) is 0 Å². The summed E-state index contributed by atoms with van der Waals surface area (Å²) >= 11 is 5.46. The Bertz CT molecular complexity index is 285. The monoisotopic (exact) mass is 216 g/mol. The molecule has 1 N–H and O–H groups in total. The third-order valence-corrected chi connectivity index (χ3v) is 2.71. The van der Waals surface area contributed by atoms with Gasteiger partial charge >= 0.3 is 0 Å². The van der Waals surface area contributed by atoms with Crippen LogP contribution >= 0.6 is 24.0 Å². The number of hydrogen-bond acceptors (Lipinski definition) is 5. The SMILES string of the molecule is CCC(=O)c1cnc(NCCS)s1. The molecule has 0 unspecified atom stereocenters. The normalized spacial score (nSPS) is 10.0. The lowest BCUT2D eigenvalue weighted by molar-refractivity contribution is 0.0992. The minimum atomic E-state index is 0.149. The van der Waals surface area contributed by atoms with Gasteiger partial charge in [-0.2, -0.15) is 12.6 Å². The molecule has 0 amide bonds. The molecule has 0 fully saturated rings. The lowest BCUT2D eigenvalue weighted by atomic mass is 10.3. The third-order valence-electron chi connectivity index (χ3n) is 1.49. The third kappa shape index (κ3) is 3.00. The first kappa shape index (κ1) is 10.5. The number of hydrogen-bond donors (Lipinski definition) is 2. The summed E-state index contributed by atoms with van der Waals surface area (Å²) in [7, 11) is 0. The second-order valence-corrected chi connectivity index (χ2v) is 3.93. The van der Waals surface area contributed by atoms with Gasteiger partial charge in [0.2, 0.25) is 0 Å². The molecule has 0 aliphatic heterocycles. The zero-order chi connectivity index (χ0) is 9.68. The summed E-state index contributed by atoms with van der Waals surface area (Å²) in [6, 6.07) is 0. The molecule has 0 radical (unpaired) electrons. The van der Waals surface area contributed by atoms with Gasteiger partial charge in [-0.1, -0.05) is 18.3 Å². The number of thiol groups is 1. The average molecular weight is 216 g/mol. The van der Waals surface area contributed by atoms with Gasteiger partial charge in [-0.15, -0.1) is 0 Å². The molecule has 0 spiro atoms. The molecular formula is C8H12N2OS2. The van der Waals surface area contributed by atoms with Crippen molar-refractivity contribution >= 4 is 34.9 Å². The molecule has 3 nitrogen and oxygen atoms in total. The van der Waals surface area contributed by atoms with E-state index in [-0.39, 0.29) is 5.78 Å². The van der Waals surface area contributed by atoms with Gasteiger partial charge in [-0.05, 0) is 0 Å². The van der Waals surface area contributed by atoms with E-state index in [9.17, 15) is 4.79 Å². The highest BCUT2D eigenvalue weighted by molar-refractivity contribution is 7.80. The highest BCUT2D eigenvalue weighted by Crippen LogP contribution is 2.18. The van der Waals surface area contributed by atoms with Crippen LogP contribution < -0.4 is 5.32 Å². The van der Waals surface area contributed by atoms with E-state index in [1.165, 1.54) is 11.3 Å². The molecule has 0 saturated heterocycles. The molecule has 5 heteroatoms. The number of aromatic nitrogens is 1. The predicted molar refractivity (Wildman–Crippen MR) is 59.1 cm³/mol. The van der Waals surface area contributed by atoms with Crippen molar-refractivity contribution in [3.63, 3.8) is 0 Å². The Morgan fingerprint density at radius 1 is 1.77 bits per heavy atom. The quantitative estimate of drug-likeness (QED) is 0.585. The predicted octanol–water partition coefficient (Wildman–Crippen LogP) is 2.08. The second kappa shape index (κ2) is 5.24. The summed E-state index contributed by atoms with van der Waals surface area (Å²) < 4.78 is 0. The highest BCUT2D eigenvalue weighted by atomic mass is 32.1. The van der Waals surface area contributed by atoms with Crippen LogP contribution in [0.5, 0.6) is 0 Å². The zero-order valence-electron chi connectivity index (χ0n) is 7.41. The number of ketones is 1. The van der Waals surface area contributed by atoms with Gasteiger partial charge in [0, 0.05) is 18.7 Å². The number of carbonyl (C=O) groups is 1. The molecule has 1 aromatic heterocycles. The molecule has 0 atom stereocenters. The van der Waals surface area contributed by atoms with E-state index in [2.05, 4.69) is 22.9 Å². The van der Waals surface area contributed by atoms with E-state index in [4.69, 9.17) is 0 Å². The fourth-order valence-corrected chi connectivity index (χ4v) is 1.79. The van der Waals surface area contributed by atoms with Gasteiger partial charge in [-0.3, -0.25) is 4.79 Å². The first-order chi connectivity index (χ1) is 6.27. The van der Waals surface area contributed by atoms with E-state index in [0.29, 0.717) is 6.42 Å². The maximum Gasteiger partial charge on any atom is 0.183 e. The van der Waals surface area contributed by atoms with E-state index in [1.54, 1.807) is 6.20 Å². The highest BCUT2D eigenvalue weighted by Gasteiger charge is 2.07. The summed E-state index contributed by atoms with van der Waals surface area (Å²) in [5.41, 5.74) is 0. The van der Waals surface area contributed by atoms with Crippen molar-refractivity contribution in [2.24, 2.45) is 0 Å². The number of nitrogens with one attached hydrogen (secondary N) is 1. The summed E-state index contributed by atoms with van der Waals surface area (Å²) in [5, 5.41) is 3.87. The summed E-state index contributed by atoms with van der Waals surface area (Å²) in [5.74, 6) is 0.910. The van der Waals surface area contributed by atoms with Crippen molar-refractivity contribution < 1.29 is 4.79 Å². The van der Waals surface area contributed by atoms with Crippen LogP contribution in [0.4, 0.5) is 5.13 Å². The van der Waals surface area contributed by atoms with Gasteiger partial charge in [0.25, 0.3) is 0 Å². The fourth-order valence-electron chi connectivity index (χ4n) is 0.822. The lowest BCUT2D eigenvalue weighted by Gasteiger charge is -1.96. The van der Waals surface area contributed by atoms with Gasteiger partial charge in [-0.25, -0.2) is 4.98 Å². The van der Waals surface area contributed by atoms with Gasteiger partial charge in [0.05, 0.1) is 11.1 Å². The molecule has 1 rings (SSSR count). The van der Waals surface area contributed by atoms with Crippen LogP contribution in [0, 0.1) is 0 Å². The van der Waals surface area contributed by atoms with Gasteiger partial charge < -0.3 is 5.32 Å². The standard InChI is InChI=1S/C8H12N2OS2/c1-2-6(11)7-5-10-8(13-7)9-3-4-12/h5,12H,2-4H2,1H3,(H,9,10). The average Bonchev–Trinajstić information content (AvgIpc) is 2.62. The Labute approximate surface area is 87.0 Å². The Balaban J connectivity index is 2.58. The largest absolute Gasteiger partial charge is 0.361 e. The molecule has 0 saturated carbocycles. The number of nitrogens with zero attached hydrogens (tertiary/aromatic N) is 1. The molecular weight excluding hydrogens is 204 g/mol. The Morgan fingerprint density at radius 3 is 3.15 bits per heavy atom. The zero-order valence-corrected chi connectivity index (χ0v) is 9.12. The molecule has 1 aromatic rings. The Hall–Kier alpha value is -0.550. The van der Waals surface area contributed by atoms with Crippen LogP contribution in [0.15, 0.2) is 6.20 Å². The molecule has 72 valence electrons. The molecule has 0 aliphatic carbocycles. The van der Waals surface area contributed by atoms with E-state index < -0.39 is 0 Å². The Morgan fingerprint density at radius 2 is 2.54 bits per heavy atom. The molecule has 0 bridgehead atoms. The lowest BCUT2D eigenvalue weighted by Crippen LogP contribution is -2.01. The number of thiazole rings is 1. The number of rotatable bonds is 5. The number of anilines is 1. The topological polar surface area (TPSA) is 42.0 Å². The number of carbonyl (C=O) groups excluding carboxylic acids is 1. The van der Waals surface area contributed by atoms with Crippen molar-refractivity contribution in [2.75, 3.05) is 17.6 Å². The van der Waals surface area contributed by atoms with Crippen LogP contribution in [0.1, 0.15) is 23.0 Å². The molecule has 13 heavy (non-hydrogen) atoms. The summed E-state index contributed by atoms with van der Waals surface area (Å²) in [6.45, 7) is 2.62. The van der Waals surface area contributed by atoms with Crippen molar-refractivity contribution in [1.82, 2.24) is 4.98 Å². The maximum atomic E-state index is 11.2. The van der Waals surface area contributed by atoms with E-state index in [1.807, 2.05) is 6.92 Å². The van der Waals surface area contributed by atoms with Gasteiger partial charge in [0.15, 0.2) is 10.9 Å². The summed E-state index contributed by atoms with van der Waals surface area (Å²) in [4.78, 5) is 16.0. The summed E-state index contributed by atoms with van der Waals surface area (Å²) in [6.07, 6.45) is 2.16. The first-order valence-corrected chi connectivity index (χ1v) is 5.56. The van der Waals surface area contributed by atoms with E-state index >= 15 is 0 Å². The first-order valence-electron chi connectivity index (χ1n) is 4.11. The second-order valence-electron chi connectivity index (χ2n) is 2.46. The fraction of sp³-hybridized carbons (Fsp3) is 0.500. The van der Waals surface area contributed by atoms with Crippen molar-refractivity contribution in [1.29, 1.82) is 0 Å². The van der Waals surface area contributed by atoms with Crippen LogP contribution in [0.2, 0.25) is 0 Å². The van der Waals surface area contributed by atoms with Crippen molar-refractivity contribution in [3.05, 3.63) is 11.1 Å². The maximum absolute atomic E-state index is 11.2. The Kier molecular flexibility index (Phi) is 4.24. The number of Topliss-reactive ketones (excluding diaryl/α,β-unsaturated/α-hetero) is 1. The molecule has 0 aromatic carbocycles. The molecule has 0 aliphatic rings. The van der Waals surface area contributed by atoms with Crippen LogP contribution in [0.3, 0.4) is 0 Å². The van der Waals surface area contributed by atoms with E-state index in [0.717, 1.165) is 22.3 Å². The minimum absolute atomic E-state index is 0.149. The molecule has 1 heterocycles. The van der Waals surface area contributed by atoms with Crippen molar-refractivity contribution in [2.45, 2.75) is 13.3 Å². The van der Waals surface area contributed by atoms with Crippen LogP contribution in [0.25, 0.3) is 0 Å².